The van der Waals surface area contributed by atoms with Gasteiger partial charge in [-0.3, -0.25) is 4.79 Å². The summed E-state index contributed by atoms with van der Waals surface area (Å²) in [6.45, 7) is 3.89. The van der Waals surface area contributed by atoms with E-state index in [0.717, 1.165) is 23.0 Å². The first-order valence-electron chi connectivity index (χ1n) is 7.59. The van der Waals surface area contributed by atoms with Crippen LogP contribution in [-0.2, 0) is 9.53 Å². The van der Waals surface area contributed by atoms with Crippen molar-refractivity contribution in [3.63, 3.8) is 0 Å². The van der Waals surface area contributed by atoms with Gasteiger partial charge in [0.15, 0.2) is 5.65 Å². The Morgan fingerprint density at radius 3 is 2.83 bits per heavy atom. The molecule has 120 valence electrons. The number of halogens is 1. The number of esters is 1. The van der Waals surface area contributed by atoms with Crippen LogP contribution < -0.4 is 0 Å². The van der Waals surface area contributed by atoms with E-state index in [4.69, 9.17) is 16.3 Å². The molecule has 2 aromatic heterocycles. The zero-order valence-electron chi connectivity index (χ0n) is 13.3. The van der Waals surface area contributed by atoms with Gasteiger partial charge in [0.1, 0.15) is 5.15 Å². The van der Waals surface area contributed by atoms with E-state index < -0.39 is 5.92 Å². The third-order valence-corrected chi connectivity index (χ3v) is 4.40. The van der Waals surface area contributed by atoms with E-state index in [2.05, 4.69) is 10.1 Å². The monoisotopic (exact) mass is 331 g/mol. The Morgan fingerprint density at radius 1 is 1.39 bits per heavy atom. The van der Waals surface area contributed by atoms with Gasteiger partial charge < -0.3 is 4.74 Å². The first-order valence-corrected chi connectivity index (χ1v) is 7.97. The summed E-state index contributed by atoms with van der Waals surface area (Å²) in [4.78, 5) is 16.8. The maximum Gasteiger partial charge on any atom is 0.313 e. The number of fused-ring (bicyclic) bond motifs is 3. The maximum atomic E-state index is 12.2. The van der Waals surface area contributed by atoms with Crippen molar-refractivity contribution in [2.24, 2.45) is 0 Å². The maximum absolute atomic E-state index is 12.2. The lowest BCUT2D eigenvalue weighted by Gasteiger charge is -2.18. The van der Waals surface area contributed by atoms with E-state index in [1.54, 1.807) is 4.52 Å². The first kappa shape index (κ1) is 15.7. The average molecular weight is 332 g/mol. The molecule has 0 fully saturated rings. The Hall–Kier alpha value is -2.14. The number of nitrogens with zero attached hydrogens (tertiary/aromatic N) is 3. The molecular weight excluding hydrogens is 314 g/mol. The quantitative estimate of drug-likeness (QED) is 0.537. The van der Waals surface area contributed by atoms with Gasteiger partial charge in [0.2, 0.25) is 0 Å². The van der Waals surface area contributed by atoms with Crippen LogP contribution in [0.2, 0.25) is 5.15 Å². The zero-order chi connectivity index (χ0) is 16.6. The number of aryl methyl sites for hydroxylation is 1. The first-order chi connectivity index (χ1) is 11.1. The largest absolute Gasteiger partial charge is 0.469 e. The second-order valence-electron chi connectivity index (χ2n) is 5.52. The van der Waals surface area contributed by atoms with Crippen molar-refractivity contribution in [1.82, 2.24) is 14.6 Å². The Morgan fingerprint density at radius 2 is 2.13 bits per heavy atom. The number of carbonyl (C=O) groups is 1. The fourth-order valence-electron chi connectivity index (χ4n) is 2.95. The van der Waals surface area contributed by atoms with Gasteiger partial charge in [-0.15, -0.1) is 0 Å². The third kappa shape index (κ3) is 2.55. The summed E-state index contributed by atoms with van der Waals surface area (Å²) in [6, 6.07) is 7.74. The molecule has 6 heteroatoms. The zero-order valence-corrected chi connectivity index (χ0v) is 14.1. The molecule has 0 aliphatic carbocycles. The van der Waals surface area contributed by atoms with Crippen molar-refractivity contribution >= 4 is 34.1 Å². The van der Waals surface area contributed by atoms with Gasteiger partial charge in [-0.2, -0.15) is 5.10 Å². The number of rotatable bonds is 4. The third-order valence-electron chi connectivity index (χ3n) is 4.04. The molecule has 0 saturated heterocycles. The minimum Gasteiger partial charge on any atom is -0.469 e. The number of hydrogen-bond donors (Lipinski definition) is 0. The molecule has 0 saturated carbocycles. The molecule has 0 bridgehead atoms. The fraction of sp³-hybridized carbons (Fsp3) is 0.353. The van der Waals surface area contributed by atoms with Crippen molar-refractivity contribution < 1.29 is 9.53 Å². The van der Waals surface area contributed by atoms with Crippen LogP contribution in [0.4, 0.5) is 0 Å². The molecule has 2 heterocycles. The predicted octanol–water partition coefficient (Wildman–Crippen LogP) is 3.90. The fourth-order valence-corrected chi connectivity index (χ4v) is 3.34. The Labute approximate surface area is 139 Å². The molecule has 0 amide bonds. The van der Waals surface area contributed by atoms with Gasteiger partial charge in [0, 0.05) is 16.6 Å². The molecule has 23 heavy (non-hydrogen) atoms. The van der Waals surface area contributed by atoms with Gasteiger partial charge >= 0.3 is 5.97 Å². The Kier molecular flexibility index (Phi) is 4.22. The average Bonchev–Trinajstić information content (AvgIpc) is 2.92. The summed E-state index contributed by atoms with van der Waals surface area (Å²) < 4.78 is 6.56. The summed E-state index contributed by atoms with van der Waals surface area (Å²) in [5.41, 5.74) is 2.95. The molecule has 0 radical (unpaired) electrons. The van der Waals surface area contributed by atoms with Gasteiger partial charge in [-0.1, -0.05) is 37.1 Å². The topological polar surface area (TPSA) is 56.5 Å². The summed E-state index contributed by atoms with van der Waals surface area (Å²) >= 11 is 6.60. The highest BCUT2D eigenvalue weighted by atomic mass is 35.5. The Balaban J connectivity index is 2.29. The van der Waals surface area contributed by atoms with Gasteiger partial charge in [-0.25, -0.2) is 9.50 Å². The van der Waals surface area contributed by atoms with Gasteiger partial charge in [0.25, 0.3) is 0 Å². The lowest BCUT2D eigenvalue weighted by molar-refractivity contribution is -0.142. The molecule has 1 aromatic carbocycles. The van der Waals surface area contributed by atoms with Crippen LogP contribution in [0.15, 0.2) is 24.3 Å². The number of ether oxygens (including phenoxy) is 1. The van der Waals surface area contributed by atoms with Crippen molar-refractivity contribution in [3.8, 4) is 0 Å². The molecule has 1 unspecified atom stereocenters. The number of methoxy groups -OCH3 is 1. The highest BCUT2D eigenvalue weighted by Crippen LogP contribution is 2.33. The number of benzene rings is 1. The van der Waals surface area contributed by atoms with Crippen LogP contribution in [0, 0.1) is 6.92 Å². The molecule has 3 aromatic rings. The number of aromatic nitrogens is 3. The highest BCUT2D eigenvalue weighted by Gasteiger charge is 2.28. The second-order valence-corrected chi connectivity index (χ2v) is 5.88. The summed E-state index contributed by atoms with van der Waals surface area (Å²) in [6.07, 6.45) is 1.50. The van der Waals surface area contributed by atoms with Crippen LogP contribution in [0.1, 0.15) is 36.9 Å². The summed E-state index contributed by atoms with van der Waals surface area (Å²) in [5, 5.41) is 5.88. The van der Waals surface area contributed by atoms with Crippen LogP contribution in [0.3, 0.4) is 0 Å². The molecule has 0 spiro atoms. The normalized spacial score (nSPS) is 12.7. The van der Waals surface area contributed by atoms with Crippen molar-refractivity contribution in [2.75, 3.05) is 7.11 Å². The molecule has 1 atom stereocenters. The van der Waals surface area contributed by atoms with Crippen LogP contribution in [0.5, 0.6) is 0 Å². The molecule has 5 nitrogen and oxygen atoms in total. The lowest BCUT2D eigenvalue weighted by atomic mass is 9.94. The summed E-state index contributed by atoms with van der Waals surface area (Å²) in [5.74, 6) is -0.726. The van der Waals surface area contributed by atoms with E-state index in [1.165, 1.54) is 7.11 Å². The van der Waals surface area contributed by atoms with E-state index in [9.17, 15) is 4.79 Å². The number of carbonyl (C=O) groups excluding carboxylic acids is 1. The minimum atomic E-state index is -0.429. The van der Waals surface area contributed by atoms with Crippen LogP contribution in [0.25, 0.3) is 16.6 Å². The number of hydrogen-bond acceptors (Lipinski definition) is 4. The lowest BCUT2D eigenvalue weighted by Crippen LogP contribution is -2.18. The van der Waals surface area contributed by atoms with Crippen molar-refractivity contribution in [3.05, 3.63) is 40.7 Å². The SMILES string of the molecule is CCCC(C(=O)OC)c1c(C)nc2c3ccccc3nn2c1Cl. The summed E-state index contributed by atoms with van der Waals surface area (Å²) in [7, 11) is 1.39. The van der Waals surface area contributed by atoms with E-state index >= 15 is 0 Å². The molecular formula is C17H18ClN3O2. The van der Waals surface area contributed by atoms with Crippen LogP contribution >= 0.6 is 11.6 Å². The van der Waals surface area contributed by atoms with E-state index in [0.29, 0.717) is 22.8 Å². The van der Waals surface area contributed by atoms with E-state index in [1.807, 2.05) is 38.1 Å². The highest BCUT2D eigenvalue weighted by molar-refractivity contribution is 6.31. The van der Waals surface area contributed by atoms with Gasteiger partial charge in [0.05, 0.1) is 18.5 Å². The standard InChI is InChI=1S/C17H18ClN3O2/c1-4-7-12(17(22)23-3)14-10(2)19-16-11-8-5-6-9-13(11)20-21(16)15(14)18/h5-6,8-9,12H,4,7H2,1-3H3. The Bertz CT molecular complexity index is 888. The van der Waals surface area contributed by atoms with E-state index in [-0.39, 0.29) is 5.97 Å². The molecule has 0 aliphatic heterocycles. The predicted molar refractivity (Wildman–Crippen MR) is 89.9 cm³/mol. The molecule has 0 N–H and O–H groups in total. The molecule has 3 rings (SSSR count). The molecule has 0 aliphatic rings. The van der Waals surface area contributed by atoms with Crippen molar-refractivity contribution in [2.45, 2.75) is 32.6 Å². The smallest absolute Gasteiger partial charge is 0.313 e. The van der Waals surface area contributed by atoms with Crippen molar-refractivity contribution in [1.29, 1.82) is 0 Å². The minimum absolute atomic E-state index is 0.297. The van der Waals surface area contributed by atoms with Crippen LogP contribution in [-0.4, -0.2) is 27.7 Å². The second kappa shape index (κ2) is 6.16. The van der Waals surface area contributed by atoms with Gasteiger partial charge in [-0.05, 0) is 25.5 Å².